The number of benzene rings is 2. The number of rotatable bonds is 6. The van der Waals surface area contributed by atoms with Gasteiger partial charge >= 0.3 is 5.97 Å². The smallest absolute Gasteiger partial charge is 0.343 e. The summed E-state index contributed by atoms with van der Waals surface area (Å²) in [6, 6.07) is 12.5. The van der Waals surface area contributed by atoms with Crippen molar-refractivity contribution in [2.45, 2.75) is 4.90 Å². The van der Waals surface area contributed by atoms with E-state index >= 15 is 0 Å². The van der Waals surface area contributed by atoms with Crippen molar-refractivity contribution in [2.75, 3.05) is 18.4 Å². The number of anilines is 1. The molecule has 2 aromatic carbocycles. The Morgan fingerprint density at radius 3 is 2.33 bits per heavy atom. The average molecular weight is 408 g/mol. The summed E-state index contributed by atoms with van der Waals surface area (Å²) < 4.78 is 37.1. The molecule has 27 heavy (non-hydrogen) atoms. The van der Waals surface area contributed by atoms with E-state index in [0.717, 1.165) is 0 Å². The number of sulfonamides is 1. The van der Waals surface area contributed by atoms with Crippen LogP contribution in [0.15, 0.2) is 53.4 Å². The Morgan fingerprint density at radius 1 is 1.07 bits per heavy atom. The molecule has 0 spiro atoms. The molecule has 0 saturated heterocycles. The van der Waals surface area contributed by atoms with Gasteiger partial charge in [-0.25, -0.2) is 23.2 Å². The molecule has 0 unspecified atom stereocenters. The predicted molar refractivity (Wildman–Crippen MR) is 99.3 cm³/mol. The third-order valence-electron chi connectivity index (χ3n) is 3.48. The van der Waals surface area contributed by atoms with Crippen molar-refractivity contribution in [3.05, 3.63) is 53.7 Å². The first kappa shape index (κ1) is 18.9. The minimum Gasteiger partial charge on any atom is -0.482 e. The Kier molecular flexibility index (Phi) is 5.43. The van der Waals surface area contributed by atoms with Gasteiger partial charge in [0.15, 0.2) is 17.6 Å². The topological polar surface area (TPSA) is 107 Å². The highest BCUT2D eigenvalue weighted by Crippen LogP contribution is 2.24. The van der Waals surface area contributed by atoms with E-state index in [1.165, 1.54) is 31.4 Å². The van der Waals surface area contributed by atoms with Gasteiger partial charge in [-0.1, -0.05) is 23.7 Å². The van der Waals surface area contributed by atoms with Crippen molar-refractivity contribution in [3.63, 3.8) is 0 Å². The van der Waals surface area contributed by atoms with Crippen LogP contribution in [0.4, 0.5) is 5.82 Å². The van der Waals surface area contributed by atoms with Gasteiger partial charge in [0.25, 0.3) is 10.0 Å². The number of carbonyl (C=O) groups is 1. The molecule has 8 nitrogen and oxygen atoms in total. The summed E-state index contributed by atoms with van der Waals surface area (Å²) in [6.07, 6.45) is 0. The fraction of sp³-hybridized carbons (Fsp3) is 0.118. The Morgan fingerprint density at radius 2 is 1.70 bits per heavy atom. The molecule has 1 heterocycles. The van der Waals surface area contributed by atoms with Gasteiger partial charge in [-0.05, 0) is 36.4 Å². The van der Waals surface area contributed by atoms with Crippen LogP contribution in [0.5, 0.6) is 5.75 Å². The van der Waals surface area contributed by atoms with Gasteiger partial charge in [0.2, 0.25) is 0 Å². The summed E-state index contributed by atoms with van der Waals surface area (Å²) in [4.78, 5) is 19.4. The zero-order valence-corrected chi connectivity index (χ0v) is 15.6. The Bertz CT molecular complexity index is 1090. The van der Waals surface area contributed by atoms with Crippen molar-refractivity contribution in [1.82, 2.24) is 9.97 Å². The van der Waals surface area contributed by atoms with Gasteiger partial charge in [-0.3, -0.25) is 4.72 Å². The van der Waals surface area contributed by atoms with Gasteiger partial charge in [-0.15, -0.1) is 0 Å². The molecule has 0 aliphatic rings. The number of carbonyl (C=O) groups excluding carboxylic acids is 1. The number of aromatic nitrogens is 2. The highest BCUT2D eigenvalue weighted by molar-refractivity contribution is 7.92. The van der Waals surface area contributed by atoms with Crippen molar-refractivity contribution in [2.24, 2.45) is 0 Å². The number of nitrogens with zero attached hydrogens (tertiary/aromatic N) is 2. The lowest BCUT2D eigenvalue weighted by atomic mass is 10.3. The van der Waals surface area contributed by atoms with E-state index < -0.39 is 16.0 Å². The number of methoxy groups -OCH3 is 1. The first-order valence-corrected chi connectivity index (χ1v) is 9.50. The van der Waals surface area contributed by atoms with Crippen LogP contribution in [0.2, 0.25) is 5.15 Å². The van der Waals surface area contributed by atoms with Gasteiger partial charge in [0.1, 0.15) is 5.75 Å². The monoisotopic (exact) mass is 407 g/mol. The van der Waals surface area contributed by atoms with Crippen LogP contribution in [0.25, 0.3) is 11.0 Å². The van der Waals surface area contributed by atoms with Crippen molar-refractivity contribution in [3.8, 4) is 5.75 Å². The summed E-state index contributed by atoms with van der Waals surface area (Å²) in [5.41, 5.74) is 1.06. The molecule has 3 rings (SSSR count). The number of esters is 1. The zero-order valence-electron chi connectivity index (χ0n) is 14.0. The normalized spacial score (nSPS) is 11.2. The number of halogens is 1. The number of ether oxygens (including phenoxy) is 2. The predicted octanol–water partition coefficient (Wildman–Crippen LogP) is 2.64. The second kappa shape index (κ2) is 7.77. The van der Waals surface area contributed by atoms with Crippen molar-refractivity contribution < 1.29 is 22.7 Å². The van der Waals surface area contributed by atoms with E-state index in [9.17, 15) is 13.2 Å². The standard InChI is InChI=1S/C17H14ClN3O5S/c1-25-15(22)10-26-11-6-8-12(9-7-11)27(23,24)21-17-16(18)19-13-4-2-3-5-14(13)20-17/h2-9H,10H2,1H3,(H,20,21). The second-order valence-electron chi connectivity index (χ2n) is 5.29. The lowest BCUT2D eigenvalue weighted by molar-refractivity contribution is -0.142. The number of nitrogens with one attached hydrogen (secondary N) is 1. The van der Waals surface area contributed by atoms with E-state index in [4.69, 9.17) is 16.3 Å². The molecule has 1 aromatic heterocycles. The van der Waals surface area contributed by atoms with Gasteiger partial charge in [-0.2, -0.15) is 0 Å². The summed E-state index contributed by atoms with van der Waals surface area (Å²) in [7, 11) is -2.70. The van der Waals surface area contributed by atoms with Crippen LogP contribution in [0, 0.1) is 0 Å². The largest absolute Gasteiger partial charge is 0.482 e. The molecule has 0 aliphatic carbocycles. The summed E-state index contributed by atoms with van der Waals surface area (Å²) in [6.45, 7) is -0.275. The maximum absolute atomic E-state index is 12.6. The number of para-hydroxylation sites is 2. The third kappa shape index (κ3) is 4.44. The maximum Gasteiger partial charge on any atom is 0.343 e. The van der Waals surface area contributed by atoms with Crippen LogP contribution in [-0.2, 0) is 19.6 Å². The van der Waals surface area contributed by atoms with Crippen LogP contribution in [0.3, 0.4) is 0 Å². The highest BCUT2D eigenvalue weighted by atomic mass is 35.5. The van der Waals surface area contributed by atoms with Gasteiger partial charge in [0, 0.05) is 0 Å². The van der Waals surface area contributed by atoms with Crippen molar-refractivity contribution >= 4 is 44.4 Å². The maximum atomic E-state index is 12.6. The molecule has 0 bridgehead atoms. The quantitative estimate of drug-likeness (QED) is 0.626. The molecule has 0 aliphatic heterocycles. The summed E-state index contributed by atoms with van der Waals surface area (Å²) in [5.74, 6) is -0.290. The van der Waals surface area contributed by atoms with Gasteiger partial charge < -0.3 is 9.47 Å². The van der Waals surface area contributed by atoms with Gasteiger partial charge in [0.05, 0.1) is 23.0 Å². The van der Waals surface area contributed by atoms with Crippen LogP contribution >= 0.6 is 11.6 Å². The minimum absolute atomic E-state index is 0.0288. The van der Waals surface area contributed by atoms with E-state index in [-0.39, 0.29) is 22.5 Å². The number of hydrogen-bond acceptors (Lipinski definition) is 7. The molecular formula is C17H14ClN3O5S. The lowest BCUT2D eigenvalue weighted by Crippen LogP contribution is -2.15. The molecule has 0 fully saturated rings. The van der Waals surface area contributed by atoms with Crippen LogP contribution in [0.1, 0.15) is 0 Å². The van der Waals surface area contributed by atoms with E-state index in [1.54, 1.807) is 24.3 Å². The Hall–Kier alpha value is -2.91. The summed E-state index contributed by atoms with van der Waals surface area (Å²) in [5, 5.41) is -0.0599. The molecule has 3 aromatic rings. The molecule has 140 valence electrons. The number of fused-ring (bicyclic) bond motifs is 1. The molecule has 0 atom stereocenters. The fourth-order valence-corrected chi connectivity index (χ4v) is 3.39. The Labute approximate surface area is 160 Å². The van der Waals surface area contributed by atoms with Crippen LogP contribution in [-0.4, -0.2) is 38.1 Å². The zero-order chi connectivity index (χ0) is 19.4. The lowest BCUT2D eigenvalue weighted by Gasteiger charge is -2.10. The van der Waals surface area contributed by atoms with E-state index in [2.05, 4.69) is 19.4 Å². The van der Waals surface area contributed by atoms with E-state index in [0.29, 0.717) is 16.8 Å². The minimum atomic E-state index is -3.94. The first-order valence-electron chi connectivity index (χ1n) is 7.64. The highest BCUT2D eigenvalue weighted by Gasteiger charge is 2.18. The Balaban J connectivity index is 1.80. The summed E-state index contributed by atoms with van der Waals surface area (Å²) >= 11 is 6.04. The third-order valence-corrected chi connectivity index (χ3v) is 5.10. The second-order valence-corrected chi connectivity index (χ2v) is 7.33. The molecule has 10 heteroatoms. The molecule has 1 N–H and O–H groups in total. The van der Waals surface area contributed by atoms with Crippen molar-refractivity contribution in [1.29, 1.82) is 0 Å². The molecule has 0 saturated carbocycles. The molecule has 0 radical (unpaired) electrons. The SMILES string of the molecule is COC(=O)COc1ccc(S(=O)(=O)Nc2nc3ccccc3nc2Cl)cc1. The number of hydrogen-bond donors (Lipinski definition) is 1. The molecule has 0 amide bonds. The molecular weight excluding hydrogens is 394 g/mol. The average Bonchev–Trinajstić information content (AvgIpc) is 2.66. The van der Waals surface area contributed by atoms with E-state index in [1.807, 2.05) is 0 Å². The first-order chi connectivity index (χ1) is 12.9. The fourth-order valence-electron chi connectivity index (χ4n) is 2.15. The van der Waals surface area contributed by atoms with Crippen LogP contribution < -0.4 is 9.46 Å².